The van der Waals surface area contributed by atoms with Gasteiger partial charge in [0.1, 0.15) is 0 Å². The predicted molar refractivity (Wildman–Crippen MR) is 238 cm³/mol. The maximum absolute atomic E-state index is 11.7. The lowest BCUT2D eigenvalue weighted by atomic mass is 9.88. The normalized spacial score (nSPS) is 13.8. The van der Waals surface area contributed by atoms with Gasteiger partial charge in [-0.15, -0.1) is 17.9 Å². The third-order valence-corrected chi connectivity index (χ3v) is 10.6. The number of benzene rings is 3. The monoisotopic (exact) mass is 738 g/mol. The third-order valence-electron chi connectivity index (χ3n) is 9.45. The van der Waals surface area contributed by atoms with Crippen molar-refractivity contribution in [1.82, 2.24) is 0 Å². The summed E-state index contributed by atoms with van der Waals surface area (Å²) in [5, 5.41) is 36.4. The molecule has 0 saturated carbocycles. The first kappa shape index (κ1) is 43.1. The molecule has 4 rings (SSSR count). The SMILES string of the molecule is C=C(/C=C/C=C\C(=C/C(C)=C/C)c1ccccc1)\C(C)=c1/cccc/c1=C(/C(=C/C)CC/C=C\C)c1c(O)c(O)c(O)c2c(CC)c(C)sc12.C=CCC. The van der Waals surface area contributed by atoms with Gasteiger partial charge in [0.2, 0.25) is 5.75 Å². The molecule has 1 heterocycles. The summed E-state index contributed by atoms with van der Waals surface area (Å²) >= 11 is 1.54. The zero-order chi connectivity index (χ0) is 39.8. The minimum absolute atomic E-state index is 0.272. The first-order valence-corrected chi connectivity index (χ1v) is 19.6. The van der Waals surface area contributed by atoms with Crippen LogP contribution in [-0.4, -0.2) is 15.3 Å². The molecular weight excluding hydrogens is 681 g/mol. The molecule has 0 unspecified atom stereocenters. The molecule has 4 aromatic rings. The van der Waals surface area contributed by atoms with Crippen molar-refractivity contribution in [2.24, 2.45) is 0 Å². The number of phenols is 3. The Labute approximate surface area is 327 Å². The first-order valence-electron chi connectivity index (χ1n) is 18.8. The minimum Gasteiger partial charge on any atom is -0.504 e. The molecule has 3 aromatic carbocycles. The largest absolute Gasteiger partial charge is 0.504 e. The van der Waals surface area contributed by atoms with Gasteiger partial charge in [-0.05, 0) is 117 Å². The molecule has 0 amide bonds. The van der Waals surface area contributed by atoms with Gasteiger partial charge in [-0.25, -0.2) is 0 Å². The van der Waals surface area contributed by atoms with Crippen molar-refractivity contribution in [2.75, 3.05) is 0 Å². The van der Waals surface area contributed by atoms with Gasteiger partial charge in [-0.3, -0.25) is 0 Å². The van der Waals surface area contributed by atoms with Crippen molar-refractivity contribution >= 4 is 38.1 Å². The molecule has 3 nitrogen and oxygen atoms in total. The number of thiophene rings is 1. The topological polar surface area (TPSA) is 60.7 Å². The molecule has 0 bridgehead atoms. The van der Waals surface area contributed by atoms with Crippen LogP contribution in [0.5, 0.6) is 17.2 Å². The van der Waals surface area contributed by atoms with E-state index in [2.05, 4.69) is 88.6 Å². The second-order valence-corrected chi connectivity index (χ2v) is 14.2. The number of rotatable bonds is 13. The van der Waals surface area contributed by atoms with E-state index in [-0.39, 0.29) is 11.5 Å². The summed E-state index contributed by atoms with van der Waals surface area (Å²) in [4.78, 5) is 1.05. The van der Waals surface area contributed by atoms with Gasteiger partial charge < -0.3 is 15.3 Å². The number of aromatic hydroxyl groups is 3. The van der Waals surface area contributed by atoms with Crippen LogP contribution in [0.2, 0.25) is 0 Å². The molecule has 0 fully saturated rings. The highest BCUT2D eigenvalue weighted by Gasteiger charge is 2.27. The number of hydrogen-bond donors (Lipinski definition) is 3. The molecular formula is C50H58O3S. The summed E-state index contributed by atoms with van der Waals surface area (Å²) in [5.74, 6) is -1.08. The summed E-state index contributed by atoms with van der Waals surface area (Å²) in [6.45, 7) is 24.3. The molecule has 0 aliphatic heterocycles. The third kappa shape index (κ3) is 10.4. The molecule has 54 heavy (non-hydrogen) atoms. The Morgan fingerprint density at radius 3 is 2.04 bits per heavy atom. The van der Waals surface area contributed by atoms with E-state index in [0.29, 0.717) is 17.4 Å². The van der Waals surface area contributed by atoms with Crippen LogP contribution in [0.3, 0.4) is 0 Å². The number of fused-ring (bicyclic) bond motifs is 1. The van der Waals surface area contributed by atoms with Crippen molar-refractivity contribution < 1.29 is 15.3 Å². The fourth-order valence-electron chi connectivity index (χ4n) is 6.25. The van der Waals surface area contributed by atoms with Crippen LogP contribution in [-0.2, 0) is 6.42 Å². The summed E-state index contributed by atoms with van der Waals surface area (Å²) in [6.07, 6.45) is 23.9. The molecule has 4 heteroatoms. The lowest BCUT2D eigenvalue weighted by Gasteiger charge is -2.18. The van der Waals surface area contributed by atoms with Crippen LogP contribution in [0.25, 0.3) is 26.8 Å². The molecule has 3 N–H and O–H groups in total. The van der Waals surface area contributed by atoms with Crippen LogP contribution in [0.15, 0.2) is 145 Å². The molecule has 0 spiro atoms. The van der Waals surface area contributed by atoms with Gasteiger partial charge in [-0.1, -0.05) is 141 Å². The van der Waals surface area contributed by atoms with E-state index in [1.165, 1.54) is 5.57 Å². The van der Waals surface area contributed by atoms with E-state index in [0.717, 1.165) is 78.3 Å². The molecule has 0 atom stereocenters. The molecule has 0 aliphatic carbocycles. The highest BCUT2D eigenvalue weighted by atomic mass is 32.1. The van der Waals surface area contributed by atoms with Crippen molar-refractivity contribution in [2.45, 2.75) is 81.1 Å². The van der Waals surface area contributed by atoms with E-state index >= 15 is 0 Å². The fourth-order valence-corrected chi connectivity index (χ4v) is 7.55. The Morgan fingerprint density at radius 1 is 0.815 bits per heavy atom. The quantitative estimate of drug-likeness (QED) is 0.0727. The number of aryl methyl sites for hydroxylation is 2. The van der Waals surface area contributed by atoms with Crippen LogP contribution in [0, 0.1) is 6.92 Å². The summed E-state index contributed by atoms with van der Waals surface area (Å²) in [7, 11) is 0. The summed E-state index contributed by atoms with van der Waals surface area (Å²) < 4.78 is 0.763. The average Bonchev–Trinajstić information content (AvgIpc) is 3.54. The maximum atomic E-state index is 11.7. The Hall–Kier alpha value is -5.32. The fraction of sp³-hybridized carbons (Fsp3) is 0.240. The van der Waals surface area contributed by atoms with Gasteiger partial charge in [-0.2, -0.15) is 0 Å². The van der Waals surface area contributed by atoms with Gasteiger partial charge >= 0.3 is 0 Å². The molecule has 1 aromatic heterocycles. The molecule has 0 saturated heterocycles. The van der Waals surface area contributed by atoms with Gasteiger partial charge in [0.15, 0.2) is 11.5 Å². The zero-order valence-corrected chi connectivity index (χ0v) is 34.3. The van der Waals surface area contributed by atoms with E-state index < -0.39 is 5.75 Å². The summed E-state index contributed by atoms with van der Waals surface area (Å²) in [5.41, 5.74) is 8.70. The highest BCUT2D eigenvalue weighted by molar-refractivity contribution is 7.19. The van der Waals surface area contributed by atoms with Gasteiger partial charge in [0, 0.05) is 15.8 Å². The minimum atomic E-state index is -0.493. The Kier molecular flexibility index (Phi) is 17.1. The van der Waals surface area contributed by atoms with E-state index in [9.17, 15) is 15.3 Å². The molecule has 0 aliphatic rings. The van der Waals surface area contributed by atoms with Crippen molar-refractivity contribution in [3.05, 3.63) is 177 Å². The van der Waals surface area contributed by atoms with E-state index in [1.54, 1.807) is 11.3 Å². The average molecular weight is 739 g/mol. The maximum Gasteiger partial charge on any atom is 0.201 e. The second kappa shape index (κ2) is 21.4. The van der Waals surface area contributed by atoms with Crippen molar-refractivity contribution in [3.63, 3.8) is 0 Å². The number of allylic oxidation sites excluding steroid dienone is 14. The Morgan fingerprint density at radius 2 is 1.44 bits per heavy atom. The van der Waals surface area contributed by atoms with Crippen LogP contribution in [0.1, 0.15) is 89.3 Å². The smallest absolute Gasteiger partial charge is 0.201 e. The molecule has 282 valence electrons. The molecule has 0 radical (unpaired) electrons. The second-order valence-electron chi connectivity index (χ2n) is 13.0. The van der Waals surface area contributed by atoms with Gasteiger partial charge in [0.25, 0.3) is 0 Å². The lowest BCUT2D eigenvalue weighted by Crippen LogP contribution is -2.30. The van der Waals surface area contributed by atoms with Crippen LogP contribution in [0.4, 0.5) is 0 Å². The Balaban J connectivity index is 0.00000186. The number of phenolic OH excluding ortho intramolecular Hbond substituents is 3. The number of hydrogen-bond acceptors (Lipinski definition) is 4. The van der Waals surface area contributed by atoms with Crippen molar-refractivity contribution in [3.8, 4) is 17.2 Å². The van der Waals surface area contributed by atoms with Crippen LogP contribution >= 0.6 is 11.3 Å². The van der Waals surface area contributed by atoms with E-state index in [4.69, 9.17) is 0 Å². The first-order chi connectivity index (χ1) is 26.0. The van der Waals surface area contributed by atoms with E-state index in [1.807, 2.05) is 95.3 Å². The lowest BCUT2D eigenvalue weighted by molar-refractivity contribution is 0.370. The zero-order valence-electron chi connectivity index (χ0n) is 33.5. The highest BCUT2D eigenvalue weighted by Crippen LogP contribution is 2.52. The van der Waals surface area contributed by atoms with Crippen LogP contribution < -0.4 is 10.4 Å². The Bertz CT molecular complexity index is 2250. The standard InChI is InChI=1S/C46H50O3S.C4H8/c1-9-13-15-23-34(11-3)40(42-44(48)45(49)43(47)41-37(12-4)33(8)50-46(41)42)39-28-21-20-27-38(39)32(7)31(6)22-18-19-26-36(29-30(5)10-2)35-24-16-14-17-25-35;1-3-4-2/h9-11,13-14,16-22,24-29,47-49H,6,12,15,23H2,1-5,7-8H3;3H,1,4H2,2H3/b13-9-,22-18+,26-19-,30-10+,34-11+,36-29+,38-32+,40-39+;. The summed E-state index contributed by atoms with van der Waals surface area (Å²) in [6, 6.07) is 18.5. The van der Waals surface area contributed by atoms with Gasteiger partial charge in [0.05, 0.1) is 4.70 Å². The predicted octanol–water partition coefficient (Wildman–Crippen LogP) is 12.9. The van der Waals surface area contributed by atoms with Crippen molar-refractivity contribution in [1.29, 1.82) is 0 Å².